The lowest BCUT2D eigenvalue weighted by Crippen LogP contribution is -2.29. The van der Waals surface area contributed by atoms with Crippen molar-refractivity contribution in [2.45, 2.75) is 0 Å². The van der Waals surface area contributed by atoms with E-state index in [-0.39, 0.29) is 18.2 Å². The zero-order valence-electron chi connectivity index (χ0n) is 11.0. The monoisotopic (exact) mass is 265 g/mol. The van der Waals surface area contributed by atoms with Crippen LogP contribution in [0.3, 0.4) is 0 Å². The maximum Gasteiger partial charge on any atom is 0.251 e. The molecule has 0 aliphatic rings. The zero-order valence-corrected chi connectivity index (χ0v) is 11.0. The first kappa shape index (κ1) is 13.7. The molecule has 0 radical (unpaired) electrons. The van der Waals surface area contributed by atoms with Gasteiger partial charge in [-0.05, 0) is 5.56 Å². The summed E-state index contributed by atoms with van der Waals surface area (Å²) >= 11 is 0. The van der Waals surface area contributed by atoms with Crippen LogP contribution in [0.4, 0.5) is 0 Å². The fraction of sp³-hybridized carbons (Fsp3) is 0.0588. The molecule has 3 heteroatoms. The van der Waals surface area contributed by atoms with Gasteiger partial charge in [0.2, 0.25) is 0 Å². The van der Waals surface area contributed by atoms with Crippen molar-refractivity contribution in [3.05, 3.63) is 78.4 Å². The molecule has 2 rings (SSSR count). The van der Waals surface area contributed by atoms with Gasteiger partial charge >= 0.3 is 0 Å². The number of rotatable bonds is 5. The molecule has 2 aromatic rings. The van der Waals surface area contributed by atoms with Crippen LogP contribution in [0.15, 0.2) is 67.2 Å². The molecule has 0 aliphatic carbocycles. The van der Waals surface area contributed by atoms with E-state index in [0.29, 0.717) is 11.1 Å². The third-order valence-corrected chi connectivity index (χ3v) is 2.90. The number of carbonyl (C=O) groups excluding carboxylic acids is 2. The number of hydrogen-bond donors (Lipinski definition) is 1. The summed E-state index contributed by atoms with van der Waals surface area (Å²) in [6, 6.07) is 18.0. The number of Topliss-reactive ketones (excluding diaryl/α,β-unsaturated/α-hetero) is 1. The van der Waals surface area contributed by atoms with Gasteiger partial charge in [0, 0.05) is 11.1 Å². The van der Waals surface area contributed by atoms with Gasteiger partial charge in [-0.2, -0.15) is 0 Å². The molecule has 0 atom stereocenters. The summed E-state index contributed by atoms with van der Waals surface area (Å²) < 4.78 is 0. The highest BCUT2D eigenvalue weighted by atomic mass is 16.2. The lowest BCUT2D eigenvalue weighted by Gasteiger charge is -2.07. The number of ketones is 1. The van der Waals surface area contributed by atoms with Crippen LogP contribution >= 0.6 is 0 Å². The Balaban J connectivity index is 1.93. The van der Waals surface area contributed by atoms with Crippen molar-refractivity contribution in [2.75, 3.05) is 6.54 Å². The third kappa shape index (κ3) is 3.42. The minimum Gasteiger partial charge on any atom is -0.345 e. The van der Waals surface area contributed by atoms with Crippen molar-refractivity contribution in [2.24, 2.45) is 0 Å². The summed E-state index contributed by atoms with van der Waals surface area (Å²) in [5.41, 5.74) is 1.68. The van der Waals surface area contributed by atoms with E-state index in [9.17, 15) is 9.59 Å². The van der Waals surface area contributed by atoms with Crippen LogP contribution in [0, 0.1) is 0 Å². The first-order valence-corrected chi connectivity index (χ1v) is 6.29. The maximum atomic E-state index is 11.9. The molecule has 1 amide bonds. The molecule has 1 N–H and O–H groups in total. The van der Waals surface area contributed by atoms with Gasteiger partial charge in [-0.3, -0.25) is 9.59 Å². The molecule has 0 fully saturated rings. The average molecular weight is 265 g/mol. The molecule has 0 saturated heterocycles. The zero-order chi connectivity index (χ0) is 14.4. The summed E-state index contributed by atoms with van der Waals surface area (Å²) in [5, 5.41) is 2.59. The van der Waals surface area contributed by atoms with E-state index in [1.807, 2.05) is 24.3 Å². The molecular formula is C17H15NO2. The first-order valence-electron chi connectivity index (χ1n) is 6.29. The van der Waals surface area contributed by atoms with Gasteiger partial charge in [-0.15, -0.1) is 0 Å². The van der Waals surface area contributed by atoms with Gasteiger partial charge in [0.05, 0.1) is 6.54 Å². The number of amides is 1. The highest BCUT2D eigenvalue weighted by Crippen LogP contribution is 2.11. The van der Waals surface area contributed by atoms with Crippen LogP contribution in [-0.2, 0) is 4.79 Å². The summed E-state index contributed by atoms with van der Waals surface area (Å²) in [4.78, 5) is 23.8. The smallest absolute Gasteiger partial charge is 0.251 e. The average Bonchev–Trinajstić information content (AvgIpc) is 2.53. The van der Waals surface area contributed by atoms with Crippen molar-refractivity contribution in [1.82, 2.24) is 5.32 Å². The first-order chi connectivity index (χ1) is 9.68. The van der Waals surface area contributed by atoms with Crippen LogP contribution in [-0.4, -0.2) is 18.2 Å². The van der Waals surface area contributed by atoms with Crippen LogP contribution in [0.25, 0.3) is 5.57 Å². The Kier molecular flexibility index (Phi) is 4.45. The van der Waals surface area contributed by atoms with E-state index in [4.69, 9.17) is 0 Å². The second kappa shape index (κ2) is 6.48. The summed E-state index contributed by atoms with van der Waals surface area (Å²) in [6.07, 6.45) is 0. The van der Waals surface area contributed by atoms with Gasteiger partial charge in [0.1, 0.15) is 0 Å². The fourth-order valence-corrected chi connectivity index (χ4v) is 1.76. The predicted molar refractivity (Wildman–Crippen MR) is 79.3 cm³/mol. The lowest BCUT2D eigenvalue weighted by molar-refractivity contribution is -0.115. The SMILES string of the molecule is C=C(C(=O)NCC(=O)c1ccccc1)c1ccccc1. The Hall–Kier alpha value is -2.68. The number of benzene rings is 2. The second-order valence-electron chi connectivity index (χ2n) is 4.32. The Morgan fingerprint density at radius 2 is 1.35 bits per heavy atom. The highest BCUT2D eigenvalue weighted by Gasteiger charge is 2.11. The standard InChI is InChI=1S/C17H15NO2/c1-13(14-8-4-2-5-9-14)17(20)18-12-16(19)15-10-6-3-7-11-15/h2-11H,1,12H2,(H,18,20). The van der Waals surface area contributed by atoms with Gasteiger partial charge in [0.25, 0.3) is 5.91 Å². The van der Waals surface area contributed by atoms with E-state index in [1.54, 1.807) is 36.4 Å². The summed E-state index contributed by atoms with van der Waals surface area (Å²) in [7, 11) is 0. The van der Waals surface area contributed by atoms with Crippen molar-refractivity contribution in [3.8, 4) is 0 Å². The van der Waals surface area contributed by atoms with Crippen molar-refractivity contribution < 1.29 is 9.59 Å². The van der Waals surface area contributed by atoms with Crippen LogP contribution in [0.5, 0.6) is 0 Å². The van der Waals surface area contributed by atoms with Gasteiger partial charge < -0.3 is 5.32 Å². The number of nitrogens with one attached hydrogen (secondary N) is 1. The molecule has 0 aromatic heterocycles. The van der Waals surface area contributed by atoms with E-state index in [2.05, 4.69) is 11.9 Å². The topological polar surface area (TPSA) is 46.2 Å². The molecule has 0 aliphatic heterocycles. The quantitative estimate of drug-likeness (QED) is 0.667. The molecule has 20 heavy (non-hydrogen) atoms. The fourth-order valence-electron chi connectivity index (χ4n) is 1.76. The van der Waals surface area contributed by atoms with E-state index >= 15 is 0 Å². The third-order valence-electron chi connectivity index (χ3n) is 2.90. The summed E-state index contributed by atoms with van der Waals surface area (Å²) in [5.74, 6) is -0.458. The second-order valence-corrected chi connectivity index (χ2v) is 4.32. The highest BCUT2D eigenvalue weighted by molar-refractivity contribution is 6.19. The van der Waals surface area contributed by atoms with Crippen LogP contribution < -0.4 is 5.32 Å². The molecule has 0 heterocycles. The van der Waals surface area contributed by atoms with Crippen molar-refractivity contribution >= 4 is 17.3 Å². The lowest BCUT2D eigenvalue weighted by atomic mass is 10.1. The van der Waals surface area contributed by atoms with Crippen molar-refractivity contribution in [1.29, 1.82) is 0 Å². The Morgan fingerprint density at radius 1 is 0.850 bits per heavy atom. The molecule has 2 aromatic carbocycles. The van der Waals surface area contributed by atoms with Crippen LogP contribution in [0.2, 0.25) is 0 Å². The Morgan fingerprint density at radius 3 is 1.90 bits per heavy atom. The van der Waals surface area contributed by atoms with E-state index in [1.165, 1.54) is 0 Å². The Bertz CT molecular complexity index is 618. The van der Waals surface area contributed by atoms with E-state index in [0.717, 1.165) is 5.56 Å². The number of carbonyl (C=O) groups is 2. The van der Waals surface area contributed by atoms with Gasteiger partial charge in [-0.1, -0.05) is 67.2 Å². The maximum absolute atomic E-state index is 11.9. The molecular weight excluding hydrogens is 250 g/mol. The molecule has 0 unspecified atom stereocenters. The van der Waals surface area contributed by atoms with Crippen LogP contribution in [0.1, 0.15) is 15.9 Å². The van der Waals surface area contributed by atoms with Gasteiger partial charge in [0.15, 0.2) is 5.78 Å². The molecule has 0 spiro atoms. The van der Waals surface area contributed by atoms with E-state index < -0.39 is 0 Å². The molecule has 0 saturated carbocycles. The minimum absolute atomic E-state index is 0.0330. The van der Waals surface area contributed by atoms with Crippen molar-refractivity contribution in [3.63, 3.8) is 0 Å². The van der Waals surface area contributed by atoms with Gasteiger partial charge in [-0.25, -0.2) is 0 Å². The summed E-state index contributed by atoms with van der Waals surface area (Å²) in [6.45, 7) is 3.72. The molecule has 3 nitrogen and oxygen atoms in total. The molecule has 0 bridgehead atoms. The Labute approximate surface area is 117 Å². The predicted octanol–water partition coefficient (Wildman–Crippen LogP) is 2.70. The normalized spacial score (nSPS) is 9.80. The largest absolute Gasteiger partial charge is 0.345 e. The number of hydrogen-bond acceptors (Lipinski definition) is 2. The minimum atomic E-state index is -0.333. The molecule has 100 valence electrons.